The van der Waals surface area contributed by atoms with Gasteiger partial charge in [0.1, 0.15) is 0 Å². The van der Waals surface area contributed by atoms with Gasteiger partial charge in [-0.2, -0.15) is 0 Å². The Hall–Kier alpha value is -2.84. The van der Waals surface area contributed by atoms with E-state index in [1.807, 2.05) is 0 Å². The predicted octanol–water partition coefficient (Wildman–Crippen LogP) is 1.55. The fourth-order valence-electron chi connectivity index (χ4n) is 2.18. The van der Waals surface area contributed by atoms with Crippen molar-refractivity contribution in [3.63, 3.8) is 0 Å². The molecule has 0 bridgehead atoms. The van der Waals surface area contributed by atoms with Crippen LogP contribution in [0.25, 0.3) is 0 Å². The third-order valence-electron chi connectivity index (χ3n) is 3.28. The van der Waals surface area contributed by atoms with Gasteiger partial charge in [-0.25, -0.2) is 9.59 Å². The molecule has 1 fully saturated rings. The minimum absolute atomic E-state index is 0.0820. The van der Waals surface area contributed by atoms with E-state index in [0.717, 1.165) is 5.01 Å². The highest BCUT2D eigenvalue weighted by Gasteiger charge is 2.37. The summed E-state index contributed by atoms with van der Waals surface area (Å²) in [6, 6.07) is 7.36. The Morgan fingerprint density at radius 2 is 2.13 bits per heavy atom. The maximum atomic E-state index is 11.8. The molecule has 1 heterocycles. The summed E-state index contributed by atoms with van der Waals surface area (Å²) in [6.07, 6.45) is -0.156. The molecule has 0 amide bonds. The van der Waals surface area contributed by atoms with Crippen molar-refractivity contribution < 1.29 is 29.2 Å². The molecule has 1 aliphatic heterocycles. The zero-order valence-electron chi connectivity index (χ0n) is 12.5. The third-order valence-corrected chi connectivity index (χ3v) is 3.28. The average molecular weight is 323 g/mol. The molecule has 23 heavy (non-hydrogen) atoms. The normalized spacial score (nSPS) is 19.3. The van der Waals surface area contributed by atoms with Crippen molar-refractivity contribution in [3.05, 3.63) is 41.1 Å². The molecule has 0 saturated carbocycles. The number of aliphatic carboxylic acids is 1. The number of carbonyl (C=O) groups is 2. The monoisotopic (exact) mass is 323 g/mol. The first kappa shape index (κ1) is 16.5. The second-order valence-corrected chi connectivity index (χ2v) is 4.94. The summed E-state index contributed by atoms with van der Waals surface area (Å²) in [4.78, 5) is 27.7. The molecule has 0 spiro atoms. The van der Waals surface area contributed by atoms with E-state index in [0.29, 0.717) is 18.4 Å². The topological polar surface area (TPSA) is 114 Å². The first-order valence-electron chi connectivity index (χ1n) is 7.08. The van der Waals surface area contributed by atoms with E-state index in [2.05, 4.69) is 5.28 Å². The lowest BCUT2D eigenvalue weighted by Crippen LogP contribution is -2.40. The van der Waals surface area contributed by atoms with E-state index in [9.17, 15) is 14.8 Å². The van der Waals surface area contributed by atoms with Crippen molar-refractivity contribution in [1.29, 1.82) is 0 Å². The fourth-order valence-corrected chi connectivity index (χ4v) is 2.18. The van der Waals surface area contributed by atoms with Gasteiger partial charge in [0.2, 0.25) is 5.28 Å². The predicted molar refractivity (Wildman–Crippen MR) is 75.8 cm³/mol. The van der Waals surface area contributed by atoms with Crippen LogP contribution in [0.15, 0.2) is 35.6 Å². The maximum Gasteiger partial charge on any atom is 0.341 e. The number of carbonyl (C=O) groups excluding carboxylic acids is 1. The van der Waals surface area contributed by atoms with Crippen LogP contribution in [-0.2, 0) is 14.4 Å². The van der Waals surface area contributed by atoms with Crippen molar-refractivity contribution >= 4 is 11.9 Å². The summed E-state index contributed by atoms with van der Waals surface area (Å²) in [5.74, 6) is -1.71. The summed E-state index contributed by atoms with van der Waals surface area (Å²) in [5.41, 5.74) is 0.340. The second kappa shape index (κ2) is 7.43. The zero-order chi connectivity index (χ0) is 16.8. The molecular weight excluding hydrogens is 306 g/mol. The van der Waals surface area contributed by atoms with E-state index in [1.165, 1.54) is 6.92 Å². The summed E-state index contributed by atoms with van der Waals surface area (Å²) in [7, 11) is 0. The van der Waals surface area contributed by atoms with Crippen LogP contribution in [0.3, 0.4) is 0 Å². The molecule has 1 aromatic rings. The largest absolute Gasteiger partial charge is 0.569 e. The van der Waals surface area contributed by atoms with Gasteiger partial charge in [-0.1, -0.05) is 18.2 Å². The summed E-state index contributed by atoms with van der Waals surface area (Å²) in [5, 5.41) is 25.0. The minimum Gasteiger partial charge on any atom is -0.569 e. The first-order chi connectivity index (χ1) is 11.0. The van der Waals surface area contributed by atoms with Crippen LogP contribution >= 0.6 is 0 Å². The molecule has 1 N–H and O–H groups in total. The highest BCUT2D eigenvalue weighted by molar-refractivity contribution is 5.89. The molecule has 0 radical (unpaired) electrons. The zero-order valence-corrected chi connectivity index (χ0v) is 12.5. The molecular formula is C14H17N3O6. The van der Waals surface area contributed by atoms with E-state index in [4.69, 9.17) is 14.7 Å². The molecule has 9 nitrogen and oxygen atoms in total. The number of carboxylic acid groups (broad SMARTS) is 1. The first-order valence-corrected chi connectivity index (χ1v) is 7.08. The van der Waals surface area contributed by atoms with Crippen molar-refractivity contribution in [2.24, 2.45) is 5.28 Å². The third kappa shape index (κ3) is 4.31. The van der Waals surface area contributed by atoms with Crippen molar-refractivity contribution in [2.75, 3.05) is 6.54 Å². The minimum atomic E-state index is -1.10. The van der Waals surface area contributed by atoms with E-state index in [1.54, 1.807) is 30.3 Å². The molecule has 124 valence electrons. The lowest BCUT2D eigenvalue weighted by molar-refractivity contribution is -0.714. The lowest BCUT2D eigenvalue weighted by atomic mass is 10.2. The highest BCUT2D eigenvalue weighted by Crippen LogP contribution is 2.17. The second-order valence-electron chi connectivity index (χ2n) is 4.94. The average Bonchev–Trinajstić information content (AvgIpc) is 3.03. The smallest absolute Gasteiger partial charge is 0.341 e. The molecule has 1 saturated heterocycles. The van der Waals surface area contributed by atoms with Gasteiger partial charge in [0.25, 0.3) is 6.29 Å². The molecule has 2 atom stereocenters. The number of hydrogen-bond donors (Lipinski definition) is 1. The van der Waals surface area contributed by atoms with Gasteiger partial charge in [0, 0.05) is 6.92 Å². The van der Waals surface area contributed by atoms with Gasteiger partial charge in [-0.05, 0) is 25.0 Å². The van der Waals surface area contributed by atoms with Gasteiger partial charge in [-0.15, -0.1) is 5.01 Å². The Labute approximate surface area is 132 Å². The Kier molecular flexibility index (Phi) is 5.34. The number of hydrogen-bond acceptors (Lipinski definition) is 6. The van der Waals surface area contributed by atoms with Crippen LogP contribution in [0.2, 0.25) is 0 Å². The van der Waals surface area contributed by atoms with Gasteiger partial charge in [0.15, 0.2) is 6.04 Å². The van der Waals surface area contributed by atoms with E-state index < -0.39 is 24.3 Å². The quantitative estimate of drug-likeness (QED) is 0.278. The number of nitrogens with zero attached hydrogens (tertiary/aromatic N) is 3. The molecule has 0 aliphatic carbocycles. The number of carboxylic acids is 1. The van der Waals surface area contributed by atoms with Crippen LogP contribution in [0.1, 0.15) is 30.1 Å². The maximum absolute atomic E-state index is 11.8. The Morgan fingerprint density at radius 1 is 1.43 bits per heavy atom. The van der Waals surface area contributed by atoms with Crippen LogP contribution in [0.4, 0.5) is 0 Å². The molecule has 1 aliphatic rings. The summed E-state index contributed by atoms with van der Waals surface area (Å²) in [6.45, 7) is 1.67. The standard InChI is InChI=1S/C14H17N3O6/c1-10(22-14(20)11-6-3-2-4-7-11)23-15-17(21)16-9-5-8-12(16)13(18)19/h2-4,6-7,10,12H,5,8-9H2,1H3,(H,18,19)/b17-15-/t10?,12-/m0/s1. The van der Waals surface area contributed by atoms with Crippen LogP contribution in [-0.4, -0.2) is 45.9 Å². The summed E-state index contributed by atoms with van der Waals surface area (Å²) >= 11 is 0. The van der Waals surface area contributed by atoms with E-state index >= 15 is 0 Å². The van der Waals surface area contributed by atoms with Gasteiger partial charge < -0.3 is 15.1 Å². The van der Waals surface area contributed by atoms with Crippen LogP contribution in [0.5, 0.6) is 0 Å². The fraction of sp³-hybridized carbons (Fsp3) is 0.429. The summed E-state index contributed by atoms with van der Waals surface area (Å²) < 4.78 is 4.97. The number of rotatable bonds is 6. The highest BCUT2D eigenvalue weighted by atomic mass is 16.8. The molecule has 1 aromatic carbocycles. The lowest BCUT2D eigenvalue weighted by Gasteiger charge is -2.17. The molecule has 0 aromatic heterocycles. The molecule has 9 heteroatoms. The van der Waals surface area contributed by atoms with E-state index in [-0.39, 0.29) is 11.5 Å². The Balaban J connectivity index is 1.89. The SMILES string of the molecule is CC(O/N=[N+](\[O-])N1CCC[C@H]1C(=O)O)OC(=O)c1ccccc1. The van der Waals surface area contributed by atoms with Crippen LogP contribution in [0, 0.1) is 5.21 Å². The Morgan fingerprint density at radius 3 is 2.78 bits per heavy atom. The number of hydrazine groups is 1. The van der Waals surface area contributed by atoms with Crippen molar-refractivity contribution in [2.45, 2.75) is 32.1 Å². The number of ether oxygens (including phenoxy) is 1. The number of benzene rings is 1. The van der Waals surface area contributed by atoms with Gasteiger partial charge in [0.05, 0.1) is 17.1 Å². The van der Waals surface area contributed by atoms with Gasteiger partial charge >= 0.3 is 11.9 Å². The van der Waals surface area contributed by atoms with Crippen molar-refractivity contribution in [3.8, 4) is 0 Å². The van der Waals surface area contributed by atoms with Crippen molar-refractivity contribution in [1.82, 2.24) is 5.01 Å². The molecule has 1 unspecified atom stereocenters. The van der Waals surface area contributed by atoms with Crippen LogP contribution < -0.4 is 0 Å². The number of esters is 1. The van der Waals surface area contributed by atoms with Gasteiger partial charge in [-0.3, -0.25) is 4.84 Å². The Bertz CT molecular complexity index is 591. The molecule has 2 rings (SSSR count).